The molecule has 0 heterocycles. The number of hydrogen-bond donors (Lipinski definition) is 2. The summed E-state index contributed by atoms with van der Waals surface area (Å²) in [5.41, 5.74) is 0. The zero-order valence-corrected chi connectivity index (χ0v) is 31.1. The summed E-state index contributed by atoms with van der Waals surface area (Å²) in [6, 6.07) is 0. The molecule has 0 aromatic rings. The third-order valence-corrected chi connectivity index (χ3v) is 8.71. The van der Waals surface area contributed by atoms with Crippen molar-refractivity contribution in [3.8, 4) is 0 Å². The van der Waals surface area contributed by atoms with Gasteiger partial charge in [0.2, 0.25) is 0 Å². The van der Waals surface area contributed by atoms with E-state index in [-0.39, 0.29) is 19.4 Å². The van der Waals surface area contributed by atoms with Crippen LogP contribution >= 0.6 is 7.82 Å². The summed E-state index contributed by atoms with van der Waals surface area (Å²) in [4.78, 5) is 42.7. The molecule has 0 rings (SSSR count). The number of esters is 2. The van der Waals surface area contributed by atoms with Crippen LogP contribution in [0, 0.1) is 0 Å². The highest BCUT2D eigenvalue weighted by atomic mass is 31.2. The summed E-state index contributed by atoms with van der Waals surface area (Å²) in [5, 5.41) is 0. The third-order valence-electron chi connectivity index (χ3n) is 8.22. The van der Waals surface area contributed by atoms with E-state index in [0.29, 0.717) is 6.42 Å². The zero-order chi connectivity index (χ0) is 34.7. The third kappa shape index (κ3) is 37.2. The number of rotatable bonds is 35. The molecule has 8 nitrogen and oxygen atoms in total. The van der Waals surface area contributed by atoms with Crippen LogP contribution in [0.5, 0.6) is 0 Å². The summed E-state index contributed by atoms with van der Waals surface area (Å²) >= 11 is 0. The van der Waals surface area contributed by atoms with Gasteiger partial charge in [-0.1, -0.05) is 154 Å². The molecule has 2 N–H and O–H groups in total. The minimum Gasteiger partial charge on any atom is -0.462 e. The molecule has 0 saturated carbocycles. The fraction of sp³-hybridized carbons (Fsp3) is 0.842. The maximum atomic E-state index is 12.3. The van der Waals surface area contributed by atoms with Gasteiger partial charge < -0.3 is 19.3 Å². The van der Waals surface area contributed by atoms with Crippen molar-refractivity contribution in [2.24, 2.45) is 0 Å². The first-order chi connectivity index (χ1) is 22.8. The highest BCUT2D eigenvalue weighted by Gasteiger charge is 2.22. The summed E-state index contributed by atoms with van der Waals surface area (Å²) < 4.78 is 26.3. The van der Waals surface area contributed by atoms with Crippen LogP contribution in [0.2, 0.25) is 0 Å². The largest absolute Gasteiger partial charge is 0.469 e. The Kier molecular flexibility index (Phi) is 33.3. The van der Waals surface area contributed by atoms with E-state index in [9.17, 15) is 14.2 Å². The predicted molar refractivity (Wildman–Crippen MR) is 193 cm³/mol. The topological polar surface area (TPSA) is 119 Å². The van der Waals surface area contributed by atoms with E-state index in [2.05, 4.69) is 42.7 Å². The van der Waals surface area contributed by atoms with Crippen LogP contribution < -0.4 is 0 Å². The smallest absolute Gasteiger partial charge is 0.462 e. The Hall–Kier alpha value is -1.47. The van der Waals surface area contributed by atoms with Gasteiger partial charge in [-0.3, -0.25) is 14.1 Å². The SMILES string of the molecule is CCCCCCCC/C=C/C/C=C/CCCCC(=O)O[C@H](COC(=O)CCCCCCCCCCCCCCCC)COP(=O)(O)O. The molecule has 276 valence electrons. The van der Waals surface area contributed by atoms with Crippen molar-refractivity contribution in [1.82, 2.24) is 0 Å². The van der Waals surface area contributed by atoms with Gasteiger partial charge in [-0.2, -0.15) is 0 Å². The molecule has 9 heteroatoms. The molecule has 47 heavy (non-hydrogen) atoms. The standard InChI is InChI=1S/C38H71O8P/c1-3-5-7-9-11-13-15-17-19-21-23-25-27-29-31-33-38(40)46-36(35-45-47(41,42)43)34-44-37(39)32-30-28-26-24-22-20-18-16-14-12-10-8-6-4-2/h17,19,23,25,36H,3-16,18,20-22,24,26-35H2,1-2H3,(H2,41,42,43)/b19-17+,25-23+/t36-/m1/s1. The highest BCUT2D eigenvalue weighted by Crippen LogP contribution is 2.36. The molecule has 0 radical (unpaired) electrons. The molecule has 0 aliphatic heterocycles. The monoisotopic (exact) mass is 686 g/mol. The average molecular weight is 687 g/mol. The highest BCUT2D eigenvalue weighted by molar-refractivity contribution is 7.46. The lowest BCUT2D eigenvalue weighted by Gasteiger charge is -2.18. The Labute approximate surface area is 288 Å². The Bertz CT molecular complexity index is 823. The van der Waals surface area contributed by atoms with Crippen LogP contribution in [-0.4, -0.2) is 41.0 Å². The number of phosphoric acid groups is 1. The molecule has 0 aromatic carbocycles. The van der Waals surface area contributed by atoms with Crippen molar-refractivity contribution < 1.29 is 37.9 Å². The summed E-state index contributed by atoms with van der Waals surface area (Å²) in [7, 11) is -4.75. The zero-order valence-electron chi connectivity index (χ0n) is 30.2. The molecule has 0 aliphatic rings. The fourth-order valence-electron chi connectivity index (χ4n) is 5.34. The molecule has 0 aliphatic carbocycles. The molecule has 0 unspecified atom stereocenters. The fourth-order valence-corrected chi connectivity index (χ4v) is 5.70. The van der Waals surface area contributed by atoms with Crippen molar-refractivity contribution in [3.05, 3.63) is 24.3 Å². The van der Waals surface area contributed by atoms with Gasteiger partial charge in [0, 0.05) is 12.8 Å². The van der Waals surface area contributed by atoms with Crippen LogP contribution in [0.15, 0.2) is 24.3 Å². The molecule has 1 atom stereocenters. The van der Waals surface area contributed by atoms with Crippen molar-refractivity contribution in [2.75, 3.05) is 13.2 Å². The van der Waals surface area contributed by atoms with Crippen LogP contribution in [-0.2, 0) is 28.2 Å². The summed E-state index contributed by atoms with van der Waals surface area (Å²) in [6.07, 6.45) is 37.6. The Morgan fingerprint density at radius 3 is 1.45 bits per heavy atom. The van der Waals surface area contributed by atoms with Gasteiger partial charge in [0.25, 0.3) is 0 Å². The van der Waals surface area contributed by atoms with E-state index < -0.39 is 32.5 Å². The first-order valence-corrected chi connectivity index (χ1v) is 20.7. The normalized spacial score (nSPS) is 12.7. The van der Waals surface area contributed by atoms with E-state index in [1.54, 1.807) is 0 Å². The second-order valence-corrected chi connectivity index (χ2v) is 14.1. The van der Waals surface area contributed by atoms with E-state index in [4.69, 9.17) is 19.3 Å². The molecule has 0 fully saturated rings. The van der Waals surface area contributed by atoms with Crippen molar-refractivity contribution >= 4 is 19.8 Å². The molecule has 0 bridgehead atoms. The van der Waals surface area contributed by atoms with Gasteiger partial charge in [0.15, 0.2) is 6.10 Å². The van der Waals surface area contributed by atoms with Gasteiger partial charge in [-0.05, 0) is 44.9 Å². The second kappa shape index (κ2) is 34.4. The molecule has 0 spiro atoms. The van der Waals surface area contributed by atoms with Crippen molar-refractivity contribution in [3.63, 3.8) is 0 Å². The van der Waals surface area contributed by atoms with Crippen molar-refractivity contribution in [1.29, 1.82) is 0 Å². The second-order valence-electron chi connectivity index (χ2n) is 12.9. The maximum Gasteiger partial charge on any atom is 0.469 e. The Morgan fingerprint density at radius 2 is 0.957 bits per heavy atom. The number of hydrogen-bond acceptors (Lipinski definition) is 6. The predicted octanol–water partition coefficient (Wildman–Crippen LogP) is 11.2. The lowest BCUT2D eigenvalue weighted by Crippen LogP contribution is -2.29. The van der Waals surface area contributed by atoms with Gasteiger partial charge >= 0.3 is 19.8 Å². The van der Waals surface area contributed by atoms with Gasteiger partial charge in [-0.15, -0.1) is 0 Å². The van der Waals surface area contributed by atoms with Crippen LogP contribution in [0.1, 0.15) is 187 Å². The first-order valence-electron chi connectivity index (χ1n) is 19.1. The van der Waals surface area contributed by atoms with E-state index >= 15 is 0 Å². The molecule has 0 amide bonds. The number of carbonyl (C=O) groups excluding carboxylic acids is 2. The Balaban J connectivity index is 4.00. The maximum absolute atomic E-state index is 12.3. The van der Waals surface area contributed by atoms with Crippen molar-refractivity contribution in [2.45, 2.75) is 193 Å². The van der Waals surface area contributed by atoms with Crippen LogP contribution in [0.3, 0.4) is 0 Å². The lowest BCUT2D eigenvalue weighted by atomic mass is 10.0. The Morgan fingerprint density at radius 1 is 0.553 bits per heavy atom. The average Bonchev–Trinajstić information content (AvgIpc) is 3.03. The number of ether oxygens (including phenoxy) is 2. The number of unbranched alkanes of at least 4 members (excludes halogenated alkanes) is 21. The molecule has 0 saturated heterocycles. The van der Waals surface area contributed by atoms with Gasteiger partial charge in [0.05, 0.1) is 6.61 Å². The molecule has 0 aromatic heterocycles. The van der Waals surface area contributed by atoms with Crippen LogP contribution in [0.25, 0.3) is 0 Å². The minimum atomic E-state index is -4.75. The van der Waals surface area contributed by atoms with Crippen LogP contribution in [0.4, 0.5) is 0 Å². The van der Waals surface area contributed by atoms with Gasteiger partial charge in [0.1, 0.15) is 6.61 Å². The number of phosphoric ester groups is 1. The van der Waals surface area contributed by atoms with E-state index in [1.165, 1.54) is 109 Å². The number of allylic oxidation sites excluding steroid dienone is 4. The summed E-state index contributed by atoms with van der Waals surface area (Å²) in [5.74, 6) is -0.917. The molecular formula is C38H71O8P. The first kappa shape index (κ1) is 45.5. The number of carbonyl (C=O) groups is 2. The quantitative estimate of drug-likeness (QED) is 0.0292. The van der Waals surface area contributed by atoms with Gasteiger partial charge in [-0.25, -0.2) is 4.57 Å². The minimum absolute atomic E-state index is 0.172. The summed E-state index contributed by atoms with van der Waals surface area (Å²) in [6.45, 7) is 3.65. The van der Waals surface area contributed by atoms with E-state index in [0.717, 1.165) is 44.9 Å². The van der Waals surface area contributed by atoms with E-state index in [1.807, 2.05) is 0 Å². The lowest BCUT2D eigenvalue weighted by molar-refractivity contribution is -0.161. The molecular weight excluding hydrogens is 615 g/mol.